The number of alkyl halides is 4. The summed E-state index contributed by atoms with van der Waals surface area (Å²) < 4.78 is 65.4. The van der Waals surface area contributed by atoms with Gasteiger partial charge in [0.2, 0.25) is 11.5 Å². The Hall–Kier alpha value is -1.94. The molecule has 6 nitrogen and oxygen atoms in total. The molecule has 1 amide bonds. The fraction of sp³-hybridized carbons (Fsp3) is 0.700. The molecule has 6 atom stereocenters. The highest BCUT2D eigenvalue weighted by molar-refractivity contribution is 5.92. The zero-order chi connectivity index (χ0) is 21.9. The Kier molecular flexibility index (Phi) is 7.18. The van der Waals surface area contributed by atoms with Crippen LogP contribution in [0, 0.1) is 11.8 Å². The normalized spacial score (nSPS) is 32.6. The van der Waals surface area contributed by atoms with Crippen molar-refractivity contribution in [1.82, 2.24) is 4.98 Å². The van der Waals surface area contributed by atoms with Gasteiger partial charge in [-0.25, -0.2) is 4.39 Å². The van der Waals surface area contributed by atoms with E-state index in [0.717, 1.165) is 6.07 Å². The fourth-order valence-corrected chi connectivity index (χ4v) is 4.28. The van der Waals surface area contributed by atoms with Gasteiger partial charge in [-0.2, -0.15) is 13.2 Å². The first-order chi connectivity index (χ1) is 14.2. The maximum absolute atomic E-state index is 14.5. The second-order valence-electron chi connectivity index (χ2n) is 7.99. The number of anilines is 1. The number of hydrogen-bond acceptors (Lipinski definition) is 4. The van der Waals surface area contributed by atoms with E-state index in [2.05, 4.69) is 10.3 Å². The van der Waals surface area contributed by atoms with E-state index in [9.17, 15) is 27.2 Å². The summed E-state index contributed by atoms with van der Waals surface area (Å²) in [6, 6.07) is 2.57. The van der Waals surface area contributed by atoms with E-state index in [0.29, 0.717) is 12.8 Å². The molecule has 1 aromatic heterocycles. The highest BCUT2D eigenvalue weighted by Crippen LogP contribution is 2.42. The number of H-pyrrole nitrogens is 1. The number of hydrogen-bond donors (Lipinski definition) is 2. The van der Waals surface area contributed by atoms with Crippen molar-refractivity contribution in [1.29, 1.82) is 0 Å². The number of pyridine rings is 1. The average Bonchev–Trinajstić information content (AvgIpc) is 2.68. The van der Waals surface area contributed by atoms with Gasteiger partial charge < -0.3 is 19.8 Å². The largest absolute Gasteiger partial charge is 0.391 e. The summed E-state index contributed by atoms with van der Waals surface area (Å²) in [4.78, 5) is 26.6. The smallest absolute Gasteiger partial charge is 0.381 e. The minimum absolute atomic E-state index is 0.00849. The van der Waals surface area contributed by atoms with Crippen molar-refractivity contribution in [3.63, 3.8) is 0 Å². The van der Waals surface area contributed by atoms with Crippen molar-refractivity contribution >= 4 is 11.6 Å². The van der Waals surface area contributed by atoms with Crippen LogP contribution < -0.4 is 10.9 Å². The number of carbonyl (C=O) groups excluding carboxylic acids is 1. The third kappa shape index (κ3) is 5.60. The molecule has 6 unspecified atom stereocenters. The van der Waals surface area contributed by atoms with Crippen molar-refractivity contribution in [2.24, 2.45) is 11.8 Å². The summed E-state index contributed by atoms with van der Waals surface area (Å²) in [7, 11) is 1.51. The van der Waals surface area contributed by atoms with Gasteiger partial charge in [-0.05, 0) is 38.2 Å². The highest BCUT2D eigenvalue weighted by Gasteiger charge is 2.48. The number of ether oxygens (including phenoxy) is 2. The summed E-state index contributed by atoms with van der Waals surface area (Å²) >= 11 is 0. The number of nitrogens with one attached hydrogen (secondary N) is 2. The Morgan fingerprint density at radius 2 is 1.90 bits per heavy atom. The number of rotatable bonds is 5. The van der Waals surface area contributed by atoms with Crippen LogP contribution in [0.3, 0.4) is 0 Å². The van der Waals surface area contributed by atoms with Crippen molar-refractivity contribution < 1.29 is 31.8 Å². The molecule has 2 fully saturated rings. The zero-order valence-corrected chi connectivity index (χ0v) is 16.6. The van der Waals surface area contributed by atoms with Gasteiger partial charge in [-0.15, -0.1) is 0 Å². The predicted molar refractivity (Wildman–Crippen MR) is 101 cm³/mol. The summed E-state index contributed by atoms with van der Waals surface area (Å²) in [6.07, 6.45) is -5.70. The Labute approximate surface area is 171 Å². The summed E-state index contributed by atoms with van der Waals surface area (Å²) in [5.74, 6) is -3.39. The van der Waals surface area contributed by atoms with Crippen LogP contribution >= 0.6 is 0 Å². The molecule has 0 aromatic carbocycles. The molecule has 0 spiro atoms. The molecule has 2 saturated carbocycles. The first kappa shape index (κ1) is 22.7. The summed E-state index contributed by atoms with van der Waals surface area (Å²) in [6.45, 7) is 0. The molecule has 30 heavy (non-hydrogen) atoms. The van der Waals surface area contributed by atoms with Gasteiger partial charge in [0.25, 0.3) is 0 Å². The van der Waals surface area contributed by atoms with Crippen molar-refractivity contribution in [2.45, 2.75) is 69.2 Å². The SMILES string of the molecule is COC1CCC(OC2CCC(C(F)(F)F)CC2C(=O)Nc2cc[nH]c(=O)c2)C(F)C1. The molecule has 168 valence electrons. The van der Waals surface area contributed by atoms with Gasteiger partial charge in [0, 0.05) is 31.5 Å². The van der Waals surface area contributed by atoms with E-state index >= 15 is 0 Å². The maximum atomic E-state index is 14.5. The third-order valence-corrected chi connectivity index (χ3v) is 5.98. The monoisotopic (exact) mass is 434 g/mol. The van der Waals surface area contributed by atoms with E-state index < -0.39 is 54.3 Å². The molecule has 1 aromatic rings. The lowest BCUT2D eigenvalue weighted by atomic mass is 9.78. The third-order valence-electron chi connectivity index (χ3n) is 5.98. The van der Waals surface area contributed by atoms with Crippen LogP contribution in [0.15, 0.2) is 23.1 Å². The number of carbonyl (C=O) groups is 1. The van der Waals surface area contributed by atoms with Gasteiger partial charge in [0.1, 0.15) is 6.17 Å². The summed E-state index contributed by atoms with van der Waals surface area (Å²) in [5, 5.41) is 2.50. The van der Waals surface area contributed by atoms with Gasteiger partial charge in [-0.1, -0.05) is 0 Å². The molecular weight excluding hydrogens is 408 g/mol. The van der Waals surface area contributed by atoms with E-state index in [1.54, 1.807) is 0 Å². The van der Waals surface area contributed by atoms with E-state index in [4.69, 9.17) is 9.47 Å². The van der Waals surface area contributed by atoms with E-state index in [-0.39, 0.29) is 31.1 Å². The molecule has 0 radical (unpaired) electrons. The molecule has 2 aliphatic rings. The van der Waals surface area contributed by atoms with Crippen LogP contribution in [0.25, 0.3) is 0 Å². The number of aromatic nitrogens is 1. The lowest BCUT2D eigenvalue weighted by Crippen LogP contribution is -2.46. The maximum Gasteiger partial charge on any atom is 0.391 e. The van der Waals surface area contributed by atoms with Gasteiger partial charge in [-0.3, -0.25) is 9.59 Å². The molecular formula is C20H26F4N2O4. The Morgan fingerprint density at radius 3 is 2.53 bits per heavy atom. The Bertz CT molecular complexity index is 785. The molecule has 2 N–H and O–H groups in total. The molecule has 10 heteroatoms. The highest BCUT2D eigenvalue weighted by atomic mass is 19.4. The average molecular weight is 434 g/mol. The van der Waals surface area contributed by atoms with Crippen molar-refractivity contribution in [3.8, 4) is 0 Å². The van der Waals surface area contributed by atoms with Crippen LogP contribution in [0.4, 0.5) is 23.2 Å². The predicted octanol–water partition coefficient (Wildman–Crippen LogP) is 3.58. The second kappa shape index (κ2) is 9.47. The minimum Gasteiger partial charge on any atom is -0.381 e. The standard InChI is InChI=1S/C20H26F4N2O4/c1-29-13-3-5-17(15(21)10-13)30-16-4-2-11(20(22,23)24)8-14(16)19(28)26-12-6-7-25-18(27)9-12/h6-7,9,11,13-17H,2-5,8,10H2,1H3,(H2,25,26,27,28). The Morgan fingerprint density at radius 1 is 1.17 bits per heavy atom. The summed E-state index contributed by atoms with van der Waals surface area (Å²) in [5.41, 5.74) is -0.270. The molecule has 0 aliphatic heterocycles. The topological polar surface area (TPSA) is 80.4 Å². The molecule has 0 bridgehead atoms. The van der Waals surface area contributed by atoms with Crippen LogP contribution in [-0.2, 0) is 14.3 Å². The first-order valence-electron chi connectivity index (χ1n) is 10.1. The lowest BCUT2D eigenvalue weighted by molar-refractivity contribution is -0.200. The minimum atomic E-state index is -4.42. The van der Waals surface area contributed by atoms with E-state index in [1.807, 2.05) is 0 Å². The quantitative estimate of drug-likeness (QED) is 0.695. The molecule has 2 aliphatic carbocycles. The zero-order valence-electron chi connectivity index (χ0n) is 16.6. The van der Waals surface area contributed by atoms with Gasteiger partial charge in [0.15, 0.2) is 0 Å². The Balaban J connectivity index is 1.73. The second-order valence-corrected chi connectivity index (χ2v) is 7.99. The lowest BCUT2D eigenvalue weighted by Gasteiger charge is -2.40. The number of amides is 1. The molecule has 3 rings (SSSR count). The van der Waals surface area contributed by atoms with Crippen molar-refractivity contribution in [2.75, 3.05) is 12.4 Å². The fourth-order valence-electron chi connectivity index (χ4n) is 4.28. The van der Waals surface area contributed by atoms with Crippen LogP contribution in [0.5, 0.6) is 0 Å². The van der Waals surface area contributed by atoms with Crippen molar-refractivity contribution in [3.05, 3.63) is 28.7 Å². The number of methoxy groups -OCH3 is 1. The van der Waals surface area contributed by atoms with Gasteiger partial charge in [0.05, 0.1) is 30.1 Å². The van der Waals surface area contributed by atoms with Crippen LogP contribution in [0.1, 0.15) is 38.5 Å². The van der Waals surface area contributed by atoms with Crippen LogP contribution in [0.2, 0.25) is 0 Å². The van der Waals surface area contributed by atoms with Crippen LogP contribution in [-0.4, -0.2) is 48.7 Å². The molecule has 1 heterocycles. The van der Waals surface area contributed by atoms with E-state index in [1.165, 1.54) is 19.4 Å². The van der Waals surface area contributed by atoms with Gasteiger partial charge >= 0.3 is 6.18 Å². The molecule has 0 saturated heterocycles. The number of halogens is 4. The number of aromatic amines is 1. The first-order valence-corrected chi connectivity index (χ1v) is 10.1.